The van der Waals surface area contributed by atoms with E-state index >= 15 is 0 Å². The van der Waals surface area contributed by atoms with E-state index in [1.54, 1.807) is 0 Å². The number of nitrogens with one attached hydrogen (secondary N) is 1. The fourth-order valence-corrected chi connectivity index (χ4v) is 2.96. The largest absolute Gasteiger partial charge is 0.354 e. The van der Waals surface area contributed by atoms with Crippen molar-refractivity contribution in [3.63, 3.8) is 0 Å². The first-order valence-electron chi connectivity index (χ1n) is 7.09. The lowest BCUT2D eigenvalue weighted by molar-refractivity contribution is -0.127. The molecule has 104 valence electrons. The average Bonchev–Trinajstić information content (AvgIpc) is 2.76. The molecule has 2 rings (SSSR count). The molecule has 1 amide bonds. The molecule has 2 unspecified atom stereocenters. The van der Waals surface area contributed by atoms with E-state index in [1.807, 2.05) is 30.3 Å². The first-order valence-corrected chi connectivity index (χ1v) is 7.09. The Morgan fingerprint density at radius 3 is 2.68 bits per heavy atom. The molecule has 3 heteroatoms. The Kier molecular flexibility index (Phi) is 4.25. The van der Waals surface area contributed by atoms with Crippen LogP contribution in [0.1, 0.15) is 44.7 Å². The molecule has 0 saturated heterocycles. The molecule has 0 heterocycles. The zero-order valence-corrected chi connectivity index (χ0v) is 11.9. The van der Waals surface area contributed by atoms with Crippen molar-refractivity contribution >= 4 is 5.91 Å². The van der Waals surface area contributed by atoms with Gasteiger partial charge >= 0.3 is 0 Å². The summed E-state index contributed by atoms with van der Waals surface area (Å²) in [5, 5.41) is 3.01. The van der Waals surface area contributed by atoms with Crippen LogP contribution >= 0.6 is 0 Å². The fourth-order valence-electron chi connectivity index (χ4n) is 2.96. The molecule has 0 aromatic heterocycles. The summed E-state index contributed by atoms with van der Waals surface area (Å²) in [7, 11) is 0. The maximum absolute atomic E-state index is 12.2. The predicted octanol–water partition coefficient (Wildman–Crippen LogP) is 2.63. The highest BCUT2D eigenvalue weighted by Gasteiger charge is 2.39. The van der Waals surface area contributed by atoms with Gasteiger partial charge in [0, 0.05) is 18.5 Å². The third kappa shape index (κ3) is 3.35. The minimum atomic E-state index is -0.130. The second-order valence-electron chi connectivity index (χ2n) is 6.20. The van der Waals surface area contributed by atoms with Crippen LogP contribution in [-0.2, 0) is 4.79 Å². The summed E-state index contributed by atoms with van der Waals surface area (Å²) < 4.78 is 0. The van der Waals surface area contributed by atoms with Crippen LogP contribution in [0.2, 0.25) is 0 Å². The van der Waals surface area contributed by atoms with E-state index in [2.05, 4.69) is 19.2 Å². The lowest BCUT2D eigenvalue weighted by Gasteiger charge is -2.26. The number of hydrogen-bond acceptors (Lipinski definition) is 2. The third-order valence-corrected chi connectivity index (χ3v) is 4.30. The quantitative estimate of drug-likeness (QED) is 0.874. The molecule has 0 bridgehead atoms. The second kappa shape index (κ2) is 5.74. The zero-order chi connectivity index (χ0) is 13.9. The Bertz CT molecular complexity index is 428. The lowest BCUT2D eigenvalue weighted by atomic mass is 9.81. The molecule has 1 aliphatic carbocycles. The first-order chi connectivity index (χ1) is 9.00. The Hall–Kier alpha value is -1.35. The molecule has 1 saturated carbocycles. The molecule has 3 N–H and O–H groups in total. The Morgan fingerprint density at radius 1 is 1.42 bits per heavy atom. The van der Waals surface area contributed by atoms with Gasteiger partial charge in [-0.3, -0.25) is 4.79 Å². The summed E-state index contributed by atoms with van der Waals surface area (Å²) in [6.07, 6.45) is 3.28. The molecule has 2 atom stereocenters. The topological polar surface area (TPSA) is 55.1 Å². The molecule has 1 aromatic carbocycles. The van der Waals surface area contributed by atoms with Gasteiger partial charge in [-0.15, -0.1) is 0 Å². The minimum Gasteiger partial charge on any atom is -0.354 e. The standard InChI is InChI=1S/C16H24N2O/c1-16(2)10-6-9-13(16)15(19)18-11-14(17)12-7-4-3-5-8-12/h3-5,7-8,13-14H,6,9-11,17H2,1-2H3,(H,18,19). The van der Waals surface area contributed by atoms with Gasteiger partial charge in [-0.1, -0.05) is 50.6 Å². The van der Waals surface area contributed by atoms with E-state index in [0.717, 1.165) is 24.8 Å². The monoisotopic (exact) mass is 260 g/mol. The number of rotatable bonds is 4. The Labute approximate surface area is 115 Å². The van der Waals surface area contributed by atoms with Gasteiger partial charge < -0.3 is 11.1 Å². The van der Waals surface area contributed by atoms with E-state index in [1.165, 1.54) is 0 Å². The molecule has 0 radical (unpaired) electrons. The minimum absolute atomic E-state index is 0.126. The normalized spacial score (nSPS) is 23.0. The van der Waals surface area contributed by atoms with Crippen molar-refractivity contribution in [1.29, 1.82) is 0 Å². The van der Waals surface area contributed by atoms with Crippen molar-refractivity contribution in [2.45, 2.75) is 39.2 Å². The fraction of sp³-hybridized carbons (Fsp3) is 0.562. The highest BCUT2D eigenvalue weighted by molar-refractivity contribution is 5.79. The van der Waals surface area contributed by atoms with Crippen molar-refractivity contribution in [1.82, 2.24) is 5.32 Å². The van der Waals surface area contributed by atoms with Crippen molar-refractivity contribution in [2.75, 3.05) is 6.54 Å². The summed E-state index contributed by atoms with van der Waals surface area (Å²) >= 11 is 0. The number of benzene rings is 1. The molecule has 0 spiro atoms. The maximum Gasteiger partial charge on any atom is 0.223 e. The summed E-state index contributed by atoms with van der Waals surface area (Å²) in [6, 6.07) is 9.77. The lowest BCUT2D eigenvalue weighted by Crippen LogP contribution is -2.39. The summed E-state index contributed by atoms with van der Waals surface area (Å²) in [6.45, 7) is 4.87. The number of hydrogen-bond donors (Lipinski definition) is 2. The molecule has 19 heavy (non-hydrogen) atoms. The van der Waals surface area contributed by atoms with Gasteiger partial charge in [0.05, 0.1) is 0 Å². The second-order valence-corrected chi connectivity index (χ2v) is 6.20. The van der Waals surface area contributed by atoms with Crippen molar-refractivity contribution in [2.24, 2.45) is 17.1 Å². The van der Waals surface area contributed by atoms with Crippen LogP contribution in [0.4, 0.5) is 0 Å². The molecular formula is C16H24N2O. The molecule has 0 aliphatic heterocycles. The maximum atomic E-state index is 12.2. The highest BCUT2D eigenvalue weighted by Crippen LogP contribution is 2.42. The van der Waals surface area contributed by atoms with Crippen LogP contribution in [0.25, 0.3) is 0 Å². The number of amides is 1. The van der Waals surface area contributed by atoms with Gasteiger partial charge in [0.1, 0.15) is 0 Å². The van der Waals surface area contributed by atoms with Gasteiger partial charge in [0.15, 0.2) is 0 Å². The van der Waals surface area contributed by atoms with Crippen LogP contribution in [0.3, 0.4) is 0 Å². The SMILES string of the molecule is CC1(C)CCCC1C(=O)NCC(N)c1ccccc1. The van der Waals surface area contributed by atoms with E-state index in [-0.39, 0.29) is 23.3 Å². The number of nitrogens with two attached hydrogens (primary N) is 1. The molecular weight excluding hydrogens is 236 g/mol. The Morgan fingerprint density at radius 2 is 2.11 bits per heavy atom. The van der Waals surface area contributed by atoms with Gasteiger partial charge in [0.25, 0.3) is 0 Å². The molecule has 1 aromatic rings. The van der Waals surface area contributed by atoms with Gasteiger partial charge in [-0.2, -0.15) is 0 Å². The number of carbonyl (C=O) groups excluding carboxylic acids is 1. The predicted molar refractivity (Wildman–Crippen MR) is 77.5 cm³/mol. The van der Waals surface area contributed by atoms with Gasteiger partial charge in [0.2, 0.25) is 5.91 Å². The summed E-state index contributed by atoms with van der Waals surface area (Å²) in [5.74, 6) is 0.296. The van der Waals surface area contributed by atoms with Crippen molar-refractivity contribution < 1.29 is 4.79 Å². The van der Waals surface area contributed by atoms with Crippen LogP contribution in [-0.4, -0.2) is 12.5 Å². The highest BCUT2D eigenvalue weighted by atomic mass is 16.1. The van der Waals surface area contributed by atoms with Crippen LogP contribution < -0.4 is 11.1 Å². The van der Waals surface area contributed by atoms with Crippen LogP contribution in [0.15, 0.2) is 30.3 Å². The van der Waals surface area contributed by atoms with E-state index in [0.29, 0.717) is 6.54 Å². The summed E-state index contributed by atoms with van der Waals surface area (Å²) in [4.78, 5) is 12.2. The number of carbonyl (C=O) groups is 1. The van der Waals surface area contributed by atoms with E-state index < -0.39 is 0 Å². The third-order valence-electron chi connectivity index (χ3n) is 4.30. The smallest absolute Gasteiger partial charge is 0.223 e. The van der Waals surface area contributed by atoms with Gasteiger partial charge in [-0.05, 0) is 23.8 Å². The molecule has 1 aliphatic rings. The van der Waals surface area contributed by atoms with Crippen molar-refractivity contribution in [3.05, 3.63) is 35.9 Å². The summed E-state index contributed by atoms with van der Waals surface area (Å²) in [5.41, 5.74) is 7.28. The van der Waals surface area contributed by atoms with E-state index in [4.69, 9.17) is 5.73 Å². The van der Waals surface area contributed by atoms with Gasteiger partial charge in [-0.25, -0.2) is 0 Å². The first kappa shape index (κ1) is 14.1. The van der Waals surface area contributed by atoms with Crippen LogP contribution in [0.5, 0.6) is 0 Å². The molecule has 1 fully saturated rings. The zero-order valence-electron chi connectivity index (χ0n) is 11.9. The van der Waals surface area contributed by atoms with Crippen molar-refractivity contribution in [3.8, 4) is 0 Å². The average molecular weight is 260 g/mol. The van der Waals surface area contributed by atoms with Crippen LogP contribution in [0, 0.1) is 11.3 Å². The molecule has 3 nitrogen and oxygen atoms in total. The Balaban J connectivity index is 1.87. The van der Waals surface area contributed by atoms with E-state index in [9.17, 15) is 4.79 Å².